The first-order valence-corrected chi connectivity index (χ1v) is 9.40. The number of carbonyl (C=O) groups excluding carboxylic acids is 2. The van der Waals surface area contributed by atoms with Crippen LogP contribution in [0.3, 0.4) is 0 Å². The molecule has 28 heavy (non-hydrogen) atoms. The molecule has 1 aromatic carbocycles. The van der Waals surface area contributed by atoms with Crippen LogP contribution in [0.25, 0.3) is 11.0 Å². The zero-order valence-electron chi connectivity index (χ0n) is 15.1. The highest BCUT2D eigenvalue weighted by atomic mass is 35.5. The zero-order chi connectivity index (χ0) is 19.8. The molecule has 0 saturated carbocycles. The van der Waals surface area contributed by atoms with Crippen LogP contribution in [-0.4, -0.2) is 28.2 Å². The molecule has 1 unspecified atom stereocenters. The maximum absolute atomic E-state index is 13.2. The SMILES string of the molecule is CCCCN1C(=O)C(O)=C(C(=O)c2cc3cc(Cl)ccc3o2)C1c1ccco1. The molecular weight excluding hydrogens is 382 g/mol. The van der Waals surface area contributed by atoms with E-state index in [-0.39, 0.29) is 11.3 Å². The number of carbonyl (C=O) groups is 2. The molecule has 1 aliphatic rings. The van der Waals surface area contributed by atoms with Gasteiger partial charge in [-0.05, 0) is 42.8 Å². The molecule has 6 nitrogen and oxygen atoms in total. The summed E-state index contributed by atoms with van der Waals surface area (Å²) in [4.78, 5) is 27.3. The van der Waals surface area contributed by atoms with E-state index in [0.29, 0.717) is 28.3 Å². The smallest absolute Gasteiger partial charge is 0.290 e. The van der Waals surface area contributed by atoms with E-state index in [1.807, 2.05) is 6.92 Å². The Morgan fingerprint density at radius 1 is 1.29 bits per heavy atom. The van der Waals surface area contributed by atoms with Crippen molar-refractivity contribution in [1.82, 2.24) is 4.90 Å². The third kappa shape index (κ3) is 2.99. The van der Waals surface area contributed by atoms with Crippen molar-refractivity contribution in [2.45, 2.75) is 25.8 Å². The minimum atomic E-state index is -0.793. The highest BCUT2D eigenvalue weighted by molar-refractivity contribution is 6.31. The fourth-order valence-electron chi connectivity index (χ4n) is 3.45. The number of hydrogen-bond acceptors (Lipinski definition) is 5. The van der Waals surface area contributed by atoms with E-state index in [1.165, 1.54) is 11.2 Å². The van der Waals surface area contributed by atoms with Gasteiger partial charge in [0.15, 0.2) is 11.5 Å². The number of furan rings is 2. The van der Waals surface area contributed by atoms with Gasteiger partial charge in [0.2, 0.25) is 5.78 Å². The van der Waals surface area contributed by atoms with Crippen molar-refractivity contribution < 1.29 is 23.5 Å². The molecule has 1 N–H and O–H groups in total. The Hall–Kier alpha value is -2.99. The molecule has 0 saturated heterocycles. The van der Waals surface area contributed by atoms with E-state index in [2.05, 4.69) is 0 Å². The molecule has 2 aromatic heterocycles. The van der Waals surface area contributed by atoms with Crippen molar-refractivity contribution in [3.05, 3.63) is 70.5 Å². The minimum Gasteiger partial charge on any atom is -0.503 e. The first-order chi connectivity index (χ1) is 13.5. The van der Waals surface area contributed by atoms with E-state index in [4.69, 9.17) is 20.4 Å². The molecule has 1 aliphatic heterocycles. The lowest BCUT2D eigenvalue weighted by Gasteiger charge is -2.24. The topological polar surface area (TPSA) is 83.9 Å². The van der Waals surface area contributed by atoms with Crippen molar-refractivity contribution in [3.63, 3.8) is 0 Å². The quantitative estimate of drug-likeness (QED) is 0.586. The predicted octanol–water partition coefficient (Wildman–Crippen LogP) is 5.06. The van der Waals surface area contributed by atoms with Crippen LogP contribution in [0.15, 0.2) is 62.8 Å². The Balaban J connectivity index is 1.78. The molecule has 1 atom stereocenters. The summed E-state index contributed by atoms with van der Waals surface area (Å²) >= 11 is 6.00. The van der Waals surface area contributed by atoms with Gasteiger partial charge >= 0.3 is 0 Å². The summed E-state index contributed by atoms with van der Waals surface area (Å²) in [6, 6.07) is 9.14. The predicted molar refractivity (Wildman–Crippen MR) is 103 cm³/mol. The Morgan fingerprint density at radius 3 is 2.82 bits per heavy atom. The third-order valence-electron chi connectivity index (χ3n) is 4.82. The van der Waals surface area contributed by atoms with Gasteiger partial charge in [-0.3, -0.25) is 9.59 Å². The molecule has 144 valence electrons. The van der Waals surface area contributed by atoms with Crippen molar-refractivity contribution in [2.75, 3.05) is 6.54 Å². The second-order valence-electron chi connectivity index (χ2n) is 6.65. The van der Waals surface area contributed by atoms with Gasteiger partial charge in [0.1, 0.15) is 17.4 Å². The van der Waals surface area contributed by atoms with Gasteiger partial charge in [0.05, 0.1) is 11.8 Å². The van der Waals surface area contributed by atoms with Gasteiger partial charge < -0.3 is 18.8 Å². The molecule has 0 fully saturated rings. The average Bonchev–Trinajstić information content (AvgIpc) is 3.39. The van der Waals surface area contributed by atoms with Crippen LogP contribution < -0.4 is 0 Å². The molecule has 0 radical (unpaired) electrons. The lowest BCUT2D eigenvalue weighted by atomic mass is 9.99. The van der Waals surface area contributed by atoms with Gasteiger partial charge in [-0.15, -0.1) is 0 Å². The largest absolute Gasteiger partial charge is 0.503 e. The molecule has 3 heterocycles. The number of unbranched alkanes of at least 4 members (excludes halogenated alkanes) is 1. The molecule has 0 spiro atoms. The number of benzene rings is 1. The number of fused-ring (bicyclic) bond motifs is 1. The summed E-state index contributed by atoms with van der Waals surface area (Å²) < 4.78 is 11.1. The third-order valence-corrected chi connectivity index (χ3v) is 5.05. The number of amides is 1. The van der Waals surface area contributed by atoms with E-state index < -0.39 is 23.5 Å². The Kier molecular flexibility index (Phi) is 4.73. The Labute approximate surface area is 166 Å². The zero-order valence-corrected chi connectivity index (χ0v) is 15.9. The summed E-state index contributed by atoms with van der Waals surface area (Å²) in [5, 5.41) is 11.7. The van der Waals surface area contributed by atoms with E-state index >= 15 is 0 Å². The summed E-state index contributed by atoms with van der Waals surface area (Å²) in [6.07, 6.45) is 3.07. The van der Waals surface area contributed by atoms with Gasteiger partial charge in [0.25, 0.3) is 5.91 Å². The summed E-state index contributed by atoms with van der Waals surface area (Å²) in [7, 11) is 0. The fourth-order valence-corrected chi connectivity index (χ4v) is 3.63. The van der Waals surface area contributed by atoms with Gasteiger partial charge in [-0.25, -0.2) is 0 Å². The van der Waals surface area contributed by atoms with Crippen molar-refractivity contribution in [3.8, 4) is 0 Å². The maximum atomic E-state index is 13.2. The normalized spacial score (nSPS) is 17.1. The number of ketones is 1. The van der Waals surface area contributed by atoms with E-state index in [9.17, 15) is 14.7 Å². The van der Waals surface area contributed by atoms with Crippen LogP contribution >= 0.6 is 11.6 Å². The number of nitrogens with zero attached hydrogens (tertiary/aromatic N) is 1. The summed E-state index contributed by atoms with van der Waals surface area (Å²) in [5.74, 6) is -1.27. The van der Waals surface area contributed by atoms with Crippen LogP contribution in [-0.2, 0) is 4.79 Å². The molecule has 7 heteroatoms. The number of halogens is 1. The molecular formula is C21H18ClNO5. The molecule has 0 aliphatic carbocycles. The number of aliphatic hydroxyl groups excluding tert-OH is 1. The number of hydrogen-bond donors (Lipinski definition) is 1. The van der Waals surface area contributed by atoms with Crippen LogP contribution in [0.4, 0.5) is 0 Å². The lowest BCUT2D eigenvalue weighted by molar-refractivity contribution is -0.129. The number of aliphatic hydroxyl groups is 1. The molecule has 0 bridgehead atoms. The average molecular weight is 400 g/mol. The highest BCUT2D eigenvalue weighted by Crippen LogP contribution is 2.40. The summed E-state index contributed by atoms with van der Waals surface area (Å²) in [6.45, 7) is 2.40. The first kappa shape index (κ1) is 18.4. The number of rotatable bonds is 6. The second kappa shape index (κ2) is 7.20. The fraction of sp³-hybridized carbons (Fsp3) is 0.238. The Morgan fingerprint density at radius 2 is 2.11 bits per heavy atom. The monoisotopic (exact) mass is 399 g/mol. The van der Waals surface area contributed by atoms with Crippen molar-refractivity contribution >= 4 is 34.3 Å². The van der Waals surface area contributed by atoms with Crippen molar-refractivity contribution in [2.24, 2.45) is 0 Å². The molecule has 4 rings (SSSR count). The standard InChI is InChI=1S/C21H18ClNO5/c1-2-3-8-23-18(15-5-4-9-27-15)17(20(25)21(23)26)19(24)16-11-12-10-13(22)6-7-14(12)28-16/h4-7,9-11,18,25H,2-3,8H2,1H3. The van der Waals surface area contributed by atoms with Crippen LogP contribution in [0, 0.1) is 0 Å². The van der Waals surface area contributed by atoms with Crippen LogP contribution in [0.2, 0.25) is 5.02 Å². The van der Waals surface area contributed by atoms with Gasteiger partial charge in [-0.1, -0.05) is 24.9 Å². The molecule has 3 aromatic rings. The van der Waals surface area contributed by atoms with Gasteiger partial charge in [0, 0.05) is 17.0 Å². The Bertz CT molecular complexity index is 1080. The van der Waals surface area contributed by atoms with Crippen molar-refractivity contribution in [1.29, 1.82) is 0 Å². The lowest BCUT2D eigenvalue weighted by Crippen LogP contribution is -2.31. The minimum absolute atomic E-state index is 0.0283. The van der Waals surface area contributed by atoms with E-state index in [0.717, 1.165) is 12.8 Å². The van der Waals surface area contributed by atoms with E-state index in [1.54, 1.807) is 36.4 Å². The number of Topliss-reactive ketones (excluding diaryl/α,β-unsaturated/α-hetero) is 1. The van der Waals surface area contributed by atoms with Crippen LogP contribution in [0.1, 0.15) is 42.1 Å². The highest BCUT2D eigenvalue weighted by Gasteiger charge is 2.45. The first-order valence-electron chi connectivity index (χ1n) is 9.02. The van der Waals surface area contributed by atoms with Gasteiger partial charge in [-0.2, -0.15) is 0 Å². The maximum Gasteiger partial charge on any atom is 0.290 e. The summed E-state index contributed by atoms with van der Waals surface area (Å²) in [5.41, 5.74) is 0.454. The molecule has 1 amide bonds. The second-order valence-corrected chi connectivity index (χ2v) is 7.09. The van der Waals surface area contributed by atoms with Crippen LogP contribution in [0.5, 0.6) is 0 Å².